The van der Waals surface area contributed by atoms with Gasteiger partial charge in [0.25, 0.3) is 10.1 Å². The summed E-state index contributed by atoms with van der Waals surface area (Å²) in [6, 6.07) is 9.62. The Balaban J connectivity index is 0.000000491. The van der Waals surface area contributed by atoms with Crippen LogP contribution in [0.3, 0.4) is 0 Å². The van der Waals surface area contributed by atoms with E-state index in [2.05, 4.69) is 20.9 Å². The van der Waals surface area contributed by atoms with Gasteiger partial charge in [-0.1, -0.05) is 17.7 Å². The van der Waals surface area contributed by atoms with Gasteiger partial charge in [0.1, 0.15) is 18.8 Å². The van der Waals surface area contributed by atoms with Crippen molar-refractivity contribution in [2.75, 3.05) is 38.0 Å². The quantitative estimate of drug-likeness (QED) is 0.545. The number of benzene rings is 2. The fraction of sp³-hybridized carbons (Fsp3) is 0.300. The average Bonchev–Trinajstić information content (AvgIpc) is 3.12. The molecule has 3 aromatic rings. The maximum atomic E-state index is 9.19. The Bertz CT molecular complexity index is 1180. The predicted molar refractivity (Wildman–Crippen MR) is 118 cm³/mol. The minimum atomic E-state index is -3.67. The van der Waals surface area contributed by atoms with Crippen LogP contribution in [0, 0.1) is 0 Å². The Kier molecular flexibility index (Phi) is 7.16. The zero-order valence-electron chi connectivity index (χ0n) is 16.9. The number of anilines is 2. The molecule has 0 radical (unpaired) electrons. The van der Waals surface area contributed by atoms with Gasteiger partial charge in [-0.15, -0.1) is 0 Å². The topological polar surface area (TPSA) is 122 Å². The van der Waals surface area contributed by atoms with Crippen molar-refractivity contribution in [1.82, 2.24) is 9.97 Å². The van der Waals surface area contributed by atoms with Gasteiger partial charge < -0.3 is 19.5 Å². The van der Waals surface area contributed by atoms with Crippen LogP contribution < -0.4 is 14.4 Å². The SMILES string of the molecule is COc1cc2c(N3CCc4ccc(Cl)cc43)ncnc2cc1OCCO.CS(=O)(=O)O. The first-order valence-corrected chi connectivity index (χ1v) is 11.5. The van der Waals surface area contributed by atoms with Gasteiger partial charge in [0.05, 0.1) is 25.5 Å². The zero-order chi connectivity index (χ0) is 22.6. The third kappa shape index (κ3) is 5.73. The first kappa shape index (κ1) is 23.0. The maximum Gasteiger partial charge on any atom is 0.261 e. The Hall–Kier alpha value is -2.66. The molecule has 11 heteroatoms. The standard InChI is InChI=1S/C19H18ClN3O3.CH4O3S/c1-25-17-9-14-15(10-18(17)26-7-6-24)21-11-22-19(14)23-5-4-12-2-3-13(20)8-16(12)23;1-5(2,3)4/h2-3,8-11,24H,4-7H2,1H3;1H3,(H,2,3,4). The van der Waals surface area contributed by atoms with Crippen molar-refractivity contribution in [2.24, 2.45) is 0 Å². The molecule has 0 bridgehead atoms. The third-order valence-corrected chi connectivity index (χ3v) is 4.68. The number of fused-ring (bicyclic) bond motifs is 2. The molecular formula is C20H22ClN3O6S. The molecule has 4 rings (SSSR count). The van der Waals surface area contributed by atoms with Gasteiger partial charge in [-0.05, 0) is 30.2 Å². The van der Waals surface area contributed by atoms with Crippen LogP contribution in [0.1, 0.15) is 5.56 Å². The molecule has 0 saturated heterocycles. The van der Waals surface area contributed by atoms with Crippen molar-refractivity contribution >= 4 is 44.1 Å². The Morgan fingerprint density at radius 2 is 1.94 bits per heavy atom. The molecule has 0 aliphatic carbocycles. The number of aromatic nitrogens is 2. The number of aliphatic hydroxyl groups excluding tert-OH is 1. The van der Waals surface area contributed by atoms with Gasteiger partial charge in [-0.2, -0.15) is 8.42 Å². The van der Waals surface area contributed by atoms with Crippen molar-refractivity contribution in [3.05, 3.63) is 47.2 Å². The number of aliphatic hydroxyl groups is 1. The van der Waals surface area contributed by atoms with E-state index in [1.165, 1.54) is 5.56 Å². The molecule has 0 unspecified atom stereocenters. The monoisotopic (exact) mass is 467 g/mol. The van der Waals surface area contributed by atoms with E-state index in [-0.39, 0.29) is 13.2 Å². The molecule has 2 heterocycles. The molecule has 0 fully saturated rings. The largest absolute Gasteiger partial charge is 0.493 e. The van der Waals surface area contributed by atoms with E-state index in [4.69, 9.17) is 30.7 Å². The fourth-order valence-electron chi connectivity index (χ4n) is 3.27. The number of rotatable bonds is 5. The van der Waals surface area contributed by atoms with Crippen molar-refractivity contribution < 1.29 is 27.6 Å². The highest BCUT2D eigenvalue weighted by molar-refractivity contribution is 7.85. The van der Waals surface area contributed by atoms with Crippen LogP contribution in [0.5, 0.6) is 11.5 Å². The van der Waals surface area contributed by atoms with Crippen molar-refractivity contribution in [2.45, 2.75) is 6.42 Å². The molecule has 1 aromatic heterocycles. The summed E-state index contributed by atoms with van der Waals surface area (Å²) < 4.78 is 36.9. The summed E-state index contributed by atoms with van der Waals surface area (Å²) >= 11 is 6.19. The van der Waals surface area contributed by atoms with Crippen LogP contribution in [0.2, 0.25) is 5.02 Å². The molecule has 9 nitrogen and oxygen atoms in total. The molecular weight excluding hydrogens is 446 g/mol. The average molecular weight is 468 g/mol. The second-order valence-electron chi connectivity index (χ2n) is 6.70. The highest BCUT2D eigenvalue weighted by Crippen LogP contribution is 2.40. The van der Waals surface area contributed by atoms with E-state index in [0.717, 1.165) is 35.4 Å². The number of nitrogens with zero attached hydrogens (tertiary/aromatic N) is 3. The molecule has 2 aromatic carbocycles. The molecule has 166 valence electrons. The van der Waals surface area contributed by atoms with Crippen LogP contribution in [-0.2, 0) is 16.5 Å². The molecule has 0 spiro atoms. The summed E-state index contributed by atoms with van der Waals surface area (Å²) in [6.07, 6.45) is 3.20. The van der Waals surface area contributed by atoms with E-state index in [1.54, 1.807) is 13.4 Å². The maximum absolute atomic E-state index is 9.19. The van der Waals surface area contributed by atoms with Crippen LogP contribution >= 0.6 is 11.6 Å². The van der Waals surface area contributed by atoms with Gasteiger partial charge in [0, 0.05) is 28.7 Å². The lowest BCUT2D eigenvalue weighted by molar-refractivity contribution is 0.196. The van der Waals surface area contributed by atoms with E-state index < -0.39 is 10.1 Å². The van der Waals surface area contributed by atoms with Gasteiger partial charge in [0.15, 0.2) is 11.5 Å². The zero-order valence-corrected chi connectivity index (χ0v) is 18.5. The van der Waals surface area contributed by atoms with Crippen LogP contribution in [0.25, 0.3) is 10.9 Å². The lowest BCUT2D eigenvalue weighted by atomic mass is 10.1. The summed E-state index contributed by atoms with van der Waals surface area (Å²) in [5.74, 6) is 1.93. The molecule has 1 aliphatic heterocycles. The smallest absolute Gasteiger partial charge is 0.261 e. The first-order valence-electron chi connectivity index (χ1n) is 9.26. The van der Waals surface area contributed by atoms with E-state index in [0.29, 0.717) is 22.8 Å². The van der Waals surface area contributed by atoms with Crippen LogP contribution in [0.15, 0.2) is 36.7 Å². The summed E-state index contributed by atoms with van der Waals surface area (Å²) in [5.41, 5.74) is 3.06. The first-order chi connectivity index (χ1) is 14.7. The minimum Gasteiger partial charge on any atom is -0.493 e. The van der Waals surface area contributed by atoms with Gasteiger partial charge in [-0.3, -0.25) is 4.55 Å². The minimum absolute atomic E-state index is 0.0679. The highest BCUT2D eigenvalue weighted by atomic mass is 35.5. The lowest BCUT2D eigenvalue weighted by Gasteiger charge is -2.21. The normalized spacial score (nSPS) is 12.9. The number of hydrogen-bond acceptors (Lipinski definition) is 8. The summed E-state index contributed by atoms with van der Waals surface area (Å²) in [4.78, 5) is 11.0. The van der Waals surface area contributed by atoms with Crippen LogP contribution in [0.4, 0.5) is 11.5 Å². The second kappa shape index (κ2) is 9.65. The van der Waals surface area contributed by atoms with E-state index >= 15 is 0 Å². The predicted octanol–water partition coefficient (Wildman–Crippen LogP) is 2.86. The fourth-order valence-corrected chi connectivity index (χ4v) is 3.43. The van der Waals surface area contributed by atoms with Crippen molar-refractivity contribution in [1.29, 1.82) is 0 Å². The van der Waals surface area contributed by atoms with Gasteiger partial charge in [0.2, 0.25) is 0 Å². The second-order valence-corrected chi connectivity index (χ2v) is 8.60. The molecule has 2 N–H and O–H groups in total. The molecule has 0 saturated carbocycles. The molecule has 0 amide bonds. The Morgan fingerprint density at radius 3 is 2.61 bits per heavy atom. The van der Waals surface area contributed by atoms with Gasteiger partial charge in [-0.25, -0.2) is 9.97 Å². The molecule has 1 aliphatic rings. The molecule has 31 heavy (non-hydrogen) atoms. The number of halogens is 1. The summed E-state index contributed by atoms with van der Waals surface area (Å²) in [5, 5.41) is 10.6. The summed E-state index contributed by atoms with van der Waals surface area (Å²) in [6.45, 7) is 0.951. The Morgan fingerprint density at radius 1 is 1.19 bits per heavy atom. The number of hydrogen-bond donors (Lipinski definition) is 2. The highest BCUT2D eigenvalue weighted by Gasteiger charge is 2.24. The molecule has 0 atom stereocenters. The van der Waals surface area contributed by atoms with Crippen molar-refractivity contribution in [3.8, 4) is 11.5 Å². The number of methoxy groups -OCH3 is 1. The van der Waals surface area contributed by atoms with Crippen LogP contribution in [-0.4, -0.2) is 61.2 Å². The van der Waals surface area contributed by atoms with Crippen molar-refractivity contribution in [3.63, 3.8) is 0 Å². The Labute approximate surface area is 185 Å². The van der Waals surface area contributed by atoms with E-state index in [1.807, 2.05) is 24.3 Å². The number of ether oxygens (including phenoxy) is 2. The lowest BCUT2D eigenvalue weighted by Crippen LogP contribution is -2.15. The van der Waals surface area contributed by atoms with E-state index in [9.17, 15) is 8.42 Å². The third-order valence-electron chi connectivity index (χ3n) is 4.45. The summed E-state index contributed by atoms with van der Waals surface area (Å²) in [7, 11) is -2.08. The van der Waals surface area contributed by atoms with Gasteiger partial charge >= 0.3 is 0 Å².